The average Bonchev–Trinajstić information content (AvgIpc) is 2.87. The molecule has 14 heavy (non-hydrogen) atoms. The molecule has 2 heterocycles. The van der Waals surface area contributed by atoms with Gasteiger partial charge in [-0.05, 0) is 26.3 Å². The quantitative estimate of drug-likeness (QED) is 0.828. The lowest BCUT2D eigenvalue weighted by atomic mass is 10.2. The molecule has 0 aromatic carbocycles. The van der Waals surface area contributed by atoms with Gasteiger partial charge in [0, 0.05) is 17.6 Å². The minimum absolute atomic E-state index is 0.136. The maximum absolute atomic E-state index is 5.76. The van der Waals surface area contributed by atoms with Crippen molar-refractivity contribution in [3.63, 3.8) is 0 Å². The summed E-state index contributed by atoms with van der Waals surface area (Å²) in [5.74, 6) is 0. The molecule has 1 aromatic heterocycles. The second kappa shape index (κ2) is 4.87. The van der Waals surface area contributed by atoms with Crippen molar-refractivity contribution in [3.8, 4) is 0 Å². The number of nitrogens with one attached hydrogen (secondary N) is 1. The molecule has 0 amide bonds. The number of nitrogens with zero attached hydrogens (tertiary/aromatic N) is 1. The molecule has 3 nitrogen and oxygen atoms in total. The lowest BCUT2D eigenvalue weighted by Gasteiger charge is -2.14. The van der Waals surface area contributed by atoms with Crippen LogP contribution in [0.3, 0.4) is 0 Å². The van der Waals surface area contributed by atoms with E-state index in [2.05, 4.69) is 17.2 Å². The smallest absolute Gasteiger partial charge is 0.121 e. The van der Waals surface area contributed by atoms with Crippen molar-refractivity contribution in [1.29, 1.82) is 0 Å². The third-order valence-electron chi connectivity index (χ3n) is 2.51. The maximum atomic E-state index is 5.76. The molecular weight excluding hydrogens is 196 g/mol. The second-order valence-corrected chi connectivity index (χ2v) is 4.57. The van der Waals surface area contributed by atoms with Crippen LogP contribution < -0.4 is 5.32 Å². The van der Waals surface area contributed by atoms with Crippen LogP contribution in [0.4, 0.5) is 0 Å². The van der Waals surface area contributed by atoms with Crippen molar-refractivity contribution in [2.24, 2.45) is 0 Å². The molecule has 1 aliphatic rings. The Labute approximate surface area is 88.5 Å². The molecule has 4 heteroatoms. The van der Waals surface area contributed by atoms with Gasteiger partial charge in [-0.25, -0.2) is 4.98 Å². The number of ether oxygens (including phenoxy) is 1. The van der Waals surface area contributed by atoms with E-state index in [-0.39, 0.29) is 6.10 Å². The Morgan fingerprint density at radius 3 is 3.36 bits per heavy atom. The first-order valence-electron chi connectivity index (χ1n) is 5.10. The predicted octanol–water partition coefficient (Wildman–Crippen LogP) is 1.97. The highest BCUT2D eigenvalue weighted by molar-refractivity contribution is 7.09. The zero-order valence-electron chi connectivity index (χ0n) is 8.40. The van der Waals surface area contributed by atoms with Crippen LogP contribution in [0.2, 0.25) is 0 Å². The summed E-state index contributed by atoms with van der Waals surface area (Å²) in [7, 11) is 0. The third-order valence-corrected chi connectivity index (χ3v) is 3.45. The number of hydrogen-bond donors (Lipinski definition) is 1. The molecule has 1 N–H and O–H groups in total. The first kappa shape index (κ1) is 10.1. The summed E-state index contributed by atoms with van der Waals surface area (Å²) in [4.78, 5) is 4.23. The van der Waals surface area contributed by atoms with E-state index in [1.807, 2.05) is 11.6 Å². The van der Waals surface area contributed by atoms with E-state index in [4.69, 9.17) is 4.74 Å². The van der Waals surface area contributed by atoms with Crippen LogP contribution in [-0.4, -0.2) is 24.2 Å². The fraction of sp³-hybridized carbons (Fsp3) is 0.700. The maximum Gasteiger partial charge on any atom is 0.121 e. The summed E-state index contributed by atoms with van der Waals surface area (Å²) in [6.45, 7) is 4.01. The van der Waals surface area contributed by atoms with Gasteiger partial charge in [-0.3, -0.25) is 0 Å². The van der Waals surface area contributed by atoms with Gasteiger partial charge in [0.2, 0.25) is 0 Å². The first-order valence-corrected chi connectivity index (χ1v) is 5.98. The zero-order chi connectivity index (χ0) is 9.80. The van der Waals surface area contributed by atoms with Crippen molar-refractivity contribution >= 4 is 11.3 Å². The summed E-state index contributed by atoms with van der Waals surface area (Å²) in [6.07, 6.45) is 4.48. The Hall–Kier alpha value is -0.450. The Balaban J connectivity index is 1.74. The van der Waals surface area contributed by atoms with Crippen LogP contribution in [0.25, 0.3) is 0 Å². The standard InChI is InChI=1S/C10H16N2OS/c1-8(10-12-5-6-14-10)13-7-9-3-2-4-11-9/h5-6,8-9,11H,2-4,7H2,1H3/t8-,9-/m1/s1. The summed E-state index contributed by atoms with van der Waals surface area (Å²) < 4.78 is 5.76. The number of aromatic nitrogens is 1. The van der Waals surface area contributed by atoms with Crippen molar-refractivity contribution in [2.45, 2.75) is 31.9 Å². The van der Waals surface area contributed by atoms with E-state index >= 15 is 0 Å². The SMILES string of the molecule is C[C@@H](OC[C@H]1CCCN1)c1nccs1. The summed E-state index contributed by atoms with van der Waals surface area (Å²) >= 11 is 1.66. The largest absolute Gasteiger partial charge is 0.370 e. The fourth-order valence-electron chi connectivity index (χ4n) is 1.67. The van der Waals surface area contributed by atoms with Gasteiger partial charge < -0.3 is 10.1 Å². The van der Waals surface area contributed by atoms with Crippen molar-refractivity contribution < 1.29 is 4.74 Å². The van der Waals surface area contributed by atoms with Crippen LogP contribution >= 0.6 is 11.3 Å². The van der Waals surface area contributed by atoms with Gasteiger partial charge in [0.25, 0.3) is 0 Å². The Morgan fingerprint density at radius 2 is 2.71 bits per heavy atom. The highest BCUT2D eigenvalue weighted by Crippen LogP contribution is 2.19. The average molecular weight is 212 g/mol. The van der Waals surface area contributed by atoms with Gasteiger partial charge in [0.15, 0.2) is 0 Å². The number of rotatable bonds is 4. The third kappa shape index (κ3) is 2.53. The monoisotopic (exact) mass is 212 g/mol. The van der Waals surface area contributed by atoms with E-state index in [0.717, 1.165) is 18.2 Å². The zero-order valence-corrected chi connectivity index (χ0v) is 9.22. The number of thiazole rings is 1. The molecular formula is C10H16N2OS. The summed E-state index contributed by atoms with van der Waals surface area (Å²) in [6, 6.07) is 0.553. The Kier molecular flexibility index (Phi) is 3.50. The van der Waals surface area contributed by atoms with Crippen LogP contribution in [0.5, 0.6) is 0 Å². The molecule has 78 valence electrons. The van der Waals surface area contributed by atoms with E-state index in [9.17, 15) is 0 Å². The van der Waals surface area contributed by atoms with Crippen molar-refractivity contribution in [1.82, 2.24) is 10.3 Å². The van der Waals surface area contributed by atoms with Crippen LogP contribution in [0.1, 0.15) is 30.9 Å². The molecule has 0 aliphatic carbocycles. The first-order chi connectivity index (χ1) is 6.86. The highest BCUT2D eigenvalue weighted by atomic mass is 32.1. The van der Waals surface area contributed by atoms with Crippen LogP contribution in [0.15, 0.2) is 11.6 Å². The minimum Gasteiger partial charge on any atom is -0.370 e. The van der Waals surface area contributed by atoms with Crippen LogP contribution in [0, 0.1) is 0 Å². The van der Waals surface area contributed by atoms with Gasteiger partial charge in [-0.2, -0.15) is 0 Å². The van der Waals surface area contributed by atoms with E-state index in [1.54, 1.807) is 11.3 Å². The fourth-order valence-corrected chi connectivity index (χ4v) is 2.31. The minimum atomic E-state index is 0.136. The topological polar surface area (TPSA) is 34.1 Å². The van der Waals surface area contributed by atoms with Crippen molar-refractivity contribution in [2.75, 3.05) is 13.2 Å². The van der Waals surface area contributed by atoms with Gasteiger partial charge >= 0.3 is 0 Å². The lowest BCUT2D eigenvalue weighted by Crippen LogP contribution is -2.27. The highest BCUT2D eigenvalue weighted by Gasteiger charge is 2.16. The summed E-state index contributed by atoms with van der Waals surface area (Å²) in [5, 5.41) is 6.48. The molecule has 1 aliphatic heterocycles. The van der Waals surface area contributed by atoms with Gasteiger partial charge in [0.05, 0.1) is 6.61 Å². The molecule has 0 radical (unpaired) electrons. The predicted molar refractivity (Wildman–Crippen MR) is 57.5 cm³/mol. The Morgan fingerprint density at radius 1 is 1.79 bits per heavy atom. The van der Waals surface area contributed by atoms with Gasteiger partial charge in [0.1, 0.15) is 11.1 Å². The molecule has 1 aromatic rings. The van der Waals surface area contributed by atoms with E-state index < -0.39 is 0 Å². The molecule has 0 saturated carbocycles. The van der Waals surface area contributed by atoms with Crippen molar-refractivity contribution in [3.05, 3.63) is 16.6 Å². The lowest BCUT2D eigenvalue weighted by molar-refractivity contribution is 0.0523. The molecule has 0 unspecified atom stereocenters. The van der Waals surface area contributed by atoms with E-state index in [1.165, 1.54) is 12.8 Å². The van der Waals surface area contributed by atoms with Crippen LogP contribution in [-0.2, 0) is 4.74 Å². The summed E-state index contributed by atoms with van der Waals surface area (Å²) in [5.41, 5.74) is 0. The second-order valence-electron chi connectivity index (χ2n) is 3.64. The van der Waals surface area contributed by atoms with Gasteiger partial charge in [-0.1, -0.05) is 0 Å². The molecule has 2 atom stereocenters. The molecule has 1 saturated heterocycles. The van der Waals surface area contributed by atoms with Gasteiger partial charge in [-0.15, -0.1) is 11.3 Å². The molecule has 2 rings (SSSR count). The normalized spacial score (nSPS) is 23.9. The molecule has 0 bridgehead atoms. The Bertz CT molecular complexity index is 257. The number of hydrogen-bond acceptors (Lipinski definition) is 4. The molecule has 1 fully saturated rings. The molecule has 0 spiro atoms. The van der Waals surface area contributed by atoms with E-state index in [0.29, 0.717) is 6.04 Å².